The lowest BCUT2D eigenvalue weighted by molar-refractivity contribution is -0.139. The lowest BCUT2D eigenvalue weighted by atomic mass is 9.87. The topological polar surface area (TPSA) is 88.5 Å². The van der Waals surface area contributed by atoms with Gasteiger partial charge in [0.05, 0.1) is 0 Å². The van der Waals surface area contributed by atoms with Crippen LogP contribution in [0.25, 0.3) is 10.8 Å². The van der Waals surface area contributed by atoms with Crippen LogP contribution in [0.5, 0.6) is 11.5 Å². The Labute approximate surface area is 235 Å². The highest BCUT2D eigenvalue weighted by molar-refractivity contribution is 5.99. The van der Waals surface area contributed by atoms with E-state index in [1.54, 1.807) is 30.3 Å². The molecular weight excluding hydrogens is 500 g/mol. The molecule has 0 spiro atoms. The molecule has 40 heavy (non-hydrogen) atoms. The number of nitrogens with zero attached hydrogens (tertiary/aromatic N) is 1. The number of rotatable bonds is 8. The van der Waals surface area contributed by atoms with E-state index in [4.69, 9.17) is 9.72 Å². The van der Waals surface area contributed by atoms with Crippen molar-refractivity contribution >= 4 is 22.6 Å². The van der Waals surface area contributed by atoms with Gasteiger partial charge in [-0.05, 0) is 64.6 Å². The fourth-order valence-electron chi connectivity index (χ4n) is 5.42. The third-order valence-corrected chi connectivity index (χ3v) is 7.68. The summed E-state index contributed by atoms with van der Waals surface area (Å²) in [4.78, 5) is 30.1. The summed E-state index contributed by atoms with van der Waals surface area (Å²) in [7, 11) is 0. The van der Waals surface area contributed by atoms with Gasteiger partial charge in [0, 0.05) is 11.1 Å². The molecule has 1 aliphatic rings. The first-order valence-corrected chi connectivity index (χ1v) is 14.0. The molecule has 5 rings (SSSR count). The molecule has 1 unspecified atom stereocenters. The van der Waals surface area contributed by atoms with Crippen LogP contribution in [0.4, 0.5) is 0 Å². The fraction of sp³-hybridized carbons (Fsp3) is 0.324. The Bertz CT molecular complexity index is 1500. The highest BCUT2D eigenvalue weighted by Gasteiger charge is 2.25. The number of hydrogen-bond acceptors (Lipinski definition) is 4. The van der Waals surface area contributed by atoms with Gasteiger partial charge in [-0.3, -0.25) is 4.79 Å². The van der Waals surface area contributed by atoms with Crippen molar-refractivity contribution in [3.05, 3.63) is 101 Å². The number of aliphatic carboxylic acids is 1. The van der Waals surface area contributed by atoms with E-state index in [-0.39, 0.29) is 11.1 Å². The van der Waals surface area contributed by atoms with Gasteiger partial charge in [0.15, 0.2) is 6.04 Å². The zero-order chi connectivity index (χ0) is 28.3. The number of pyridine rings is 1. The average Bonchev–Trinajstić information content (AvgIpc) is 3.45. The van der Waals surface area contributed by atoms with Crippen molar-refractivity contribution in [2.45, 2.75) is 64.3 Å². The summed E-state index contributed by atoms with van der Waals surface area (Å²) in [5, 5.41) is 14.3. The molecule has 0 bridgehead atoms. The first-order valence-electron chi connectivity index (χ1n) is 14.0. The number of aromatic nitrogens is 1. The van der Waals surface area contributed by atoms with Crippen LogP contribution in [0.1, 0.15) is 79.8 Å². The third kappa shape index (κ3) is 6.33. The minimum atomic E-state index is -1.16. The quantitative estimate of drug-likeness (QED) is 0.242. The van der Waals surface area contributed by atoms with Crippen molar-refractivity contribution in [2.24, 2.45) is 5.92 Å². The SMILES string of the molecule is CC(C)(C)c1ccc(Oc2ccc3cc(C(=O)NC(C(=O)O)c4ccccc4)nc(CC4CCCC4)c3c2)cc1. The molecule has 1 aromatic heterocycles. The van der Waals surface area contributed by atoms with Gasteiger partial charge in [0.25, 0.3) is 5.91 Å². The van der Waals surface area contributed by atoms with E-state index in [1.807, 2.05) is 36.4 Å². The van der Waals surface area contributed by atoms with Crippen LogP contribution in [0.15, 0.2) is 78.9 Å². The first kappa shape index (κ1) is 27.4. The highest BCUT2D eigenvalue weighted by Crippen LogP contribution is 2.33. The van der Waals surface area contributed by atoms with E-state index in [0.29, 0.717) is 17.2 Å². The largest absolute Gasteiger partial charge is 0.479 e. The number of benzene rings is 3. The molecule has 2 N–H and O–H groups in total. The number of ether oxygens (including phenoxy) is 1. The van der Waals surface area contributed by atoms with Crippen LogP contribution < -0.4 is 10.1 Å². The van der Waals surface area contributed by atoms with Crippen molar-refractivity contribution in [3.8, 4) is 11.5 Å². The lowest BCUT2D eigenvalue weighted by Crippen LogP contribution is -2.34. The number of carboxylic acid groups (broad SMARTS) is 1. The Balaban J connectivity index is 1.45. The van der Waals surface area contributed by atoms with Crippen LogP contribution >= 0.6 is 0 Å². The zero-order valence-electron chi connectivity index (χ0n) is 23.3. The maximum atomic E-state index is 13.3. The summed E-state index contributed by atoms with van der Waals surface area (Å²) >= 11 is 0. The van der Waals surface area contributed by atoms with Crippen LogP contribution in [-0.4, -0.2) is 22.0 Å². The Kier molecular flexibility index (Phi) is 7.88. The maximum Gasteiger partial charge on any atom is 0.330 e. The molecule has 4 aromatic rings. The second-order valence-electron chi connectivity index (χ2n) is 11.7. The van der Waals surface area contributed by atoms with Crippen molar-refractivity contribution in [3.63, 3.8) is 0 Å². The molecule has 1 atom stereocenters. The van der Waals surface area contributed by atoms with Crippen LogP contribution in [0, 0.1) is 5.92 Å². The zero-order valence-corrected chi connectivity index (χ0v) is 23.3. The summed E-state index contributed by atoms with van der Waals surface area (Å²) < 4.78 is 6.21. The highest BCUT2D eigenvalue weighted by atomic mass is 16.5. The van der Waals surface area contributed by atoms with E-state index >= 15 is 0 Å². The van der Waals surface area contributed by atoms with Gasteiger partial charge >= 0.3 is 5.97 Å². The second kappa shape index (κ2) is 11.5. The van der Waals surface area contributed by atoms with Crippen molar-refractivity contribution in [2.75, 3.05) is 0 Å². The van der Waals surface area contributed by atoms with E-state index in [9.17, 15) is 14.7 Å². The van der Waals surface area contributed by atoms with Crippen LogP contribution in [0.3, 0.4) is 0 Å². The van der Waals surface area contributed by atoms with Gasteiger partial charge < -0.3 is 15.2 Å². The lowest BCUT2D eigenvalue weighted by Gasteiger charge is -2.19. The monoisotopic (exact) mass is 536 g/mol. The van der Waals surface area contributed by atoms with E-state index in [0.717, 1.165) is 41.5 Å². The number of carbonyl (C=O) groups excluding carboxylic acids is 1. The maximum absolute atomic E-state index is 13.3. The van der Waals surface area contributed by atoms with Gasteiger partial charge in [0.1, 0.15) is 17.2 Å². The molecule has 0 saturated heterocycles. The number of carbonyl (C=O) groups is 2. The molecule has 206 valence electrons. The predicted octanol–water partition coefficient (Wildman–Crippen LogP) is 7.61. The molecule has 1 heterocycles. The summed E-state index contributed by atoms with van der Waals surface area (Å²) in [6.45, 7) is 6.55. The van der Waals surface area contributed by atoms with Gasteiger partial charge in [-0.2, -0.15) is 0 Å². The molecular formula is C34H36N2O4. The van der Waals surface area contributed by atoms with Crippen molar-refractivity contribution in [1.29, 1.82) is 0 Å². The third-order valence-electron chi connectivity index (χ3n) is 7.68. The molecule has 1 fully saturated rings. The Morgan fingerprint density at radius 1 is 0.950 bits per heavy atom. The molecule has 6 heteroatoms. The van der Waals surface area contributed by atoms with Crippen molar-refractivity contribution < 1.29 is 19.4 Å². The van der Waals surface area contributed by atoms with Gasteiger partial charge in [-0.15, -0.1) is 0 Å². The predicted molar refractivity (Wildman–Crippen MR) is 157 cm³/mol. The minimum Gasteiger partial charge on any atom is -0.479 e. The molecule has 1 saturated carbocycles. The van der Waals surface area contributed by atoms with E-state index in [1.165, 1.54) is 18.4 Å². The molecule has 0 aliphatic heterocycles. The Hall–Kier alpha value is -4.19. The summed E-state index contributed by atoms with van der Waals surface area (Å²) in [6.07, 6.45) is 5.47. The van der Waals surface area contributed by atoms with E-state index < -0.39 is 17.9 Å². The van der Waals surface area contributed by atoms with Crippen LogP contribution in [0.2, 0.25) is 0 Å². The molecule has 6 nitrogen and oxygen atoms in total. The number of fused-ring (bicyclic) bond motifs is 1. The standard InChI is InChI=1S/C34H36N2O4/c1-34(2,3)25-14-17-26(18-15-25)40-27-16-13-24-20-30(35-29(28(24)21-27)19-22-9-7-8-10-22)32(37)36-31(33(38)39)23-11-5-4-6-12-23/h4-6,11-18,20-22,31H,7-10,19H2,1-3H3,(H,36,37)(H,38,39). The van der Waals surface area contributed by atoms with E-state index in [2.05, 4.69) is 38.2 Å². The average molecular weight is 537 g/mol. The summed E-state index contributed by atoms with van der Waals surface area (Å²) in [6, 6.07) is 23.3. The second-order valence-corrected chi connectivity index (χ2v) is 11.7. The fourth-order valence-corrected chi connectivity index (χ4v) is 5.42. The molecule has 1 amide bonds. The number of hydrogen-bond donors (Lipinski definition) is 2. The summed E-state index contributed by atoms with van der Waals surface area (Å²) in [5.41, 5.74) is 2.87. The molecule has 0 radical (unpaired) electrons. The number of nitrogens with one attached hydrogen (secondary N) is 1. The van der Waals surface area contributed by atoms with Gasteiger partial charge in [-0.25, -0.2) is 9.78 Å². The number of carboxylic acids is 1. The first-order chi connectivity index (χ1) is 19.2. The molecule has 1 aliphatic carbocycles. The van der Waals surface area contributed by atoms with Crippen molar-refractivity contribution in [1.82, 2.24) is 10.3 Å². The van der Waals surface area contributed by atoms with Crippen LogP contribution in [-0.2, 0) is 16.6 Å². The normalized spacial score (nSPS) is 14.7. The molecule has 3 aromatic carbocycles. The Morgan fingerprint density at radius 3 is 2.27 bits per heavy atom. The summed E-state index contributed by atoms with van der Waals surface area (Å²) in [5.74, 6) is 0.348. The van der Waals surface area contributed by atoms with Gasteiger partial charge in [-0.1, -0.05) is 95.0 Å². The number of amides is 1. The van der Waals surface area contributed by atoms with Gasteiger partial charge in [0.2, 0.25) is 0 Å². The Morgan fingerprint density at radius 2 is 1.62 bits per heavy atom. The minimum absolute atomic E-state index is 0.0673. The smallest absolute Gasteiger partial charge is 0.330 e.